The lowest BCUT2D eigenvalue weighted by Crippen LogP contribution is -2.47. The number of hydrogen-bond donors (Lipinski definition) is 2. The van der Waals surface area contributed by atoms with Crippen molar-refractivity contribution in [3.63, 3.8) is 0 Å². The summed E-state index contributed by atoms with van der Waals surface area (Å²) >= 11 is 1.36. The largest absolute Gasteiger partial charge is 0.477 e. The van der Waals surface area contributed by atoms with E-state index in [1.807, 2.05) is 11.0 Å². The van der Waals surface area contributed by atoms with Gasteiger partial charge in [0.25, 0.3) is 0 Å². The molecule has 2 saturated carbocycles. The average molecular weight is 460 g/mol. The van der Waals surface area contributed by atoms with Crippen LogP contribution in [0.15, 0.2) is 17.7 Å². The van der Waals surface area contributed by atoms with Gasteiger partial charge in [-0.2, -0.15) is 0 Å². The third-order valence-electron chi connectivity index (χ3n) is 7.86. The van der Waals surface area contributed by atoms with Crippen LogP contribution < -0.4 is 4.90 Å². The Morgan fingerprint density at radius 1 is 1.03 bits per heavy atom. The summed E-state index contributed by atoms with van der Waals surface area (Å²) in [7, 11) is 0. The van der Waals surface area contributed by atoms with E-state index in [0.29, 0.717) is 35.2 Å². The second kappa shape index (κ2) is 10.1. The standard InChI is InChI=1S/C26H37NO4S/c1-16-3-7-18(8-4-16)23-15-22(24(32-23)26(30)31)27(20-11-13-21(28)14-12-20)25(29)19-9-5-17(2)6-10-19/h3,15,17-21,28H,4-14H2,1-2H3,(H,30,31). The van der Waals surface area contributed by atoms with Crippen LogP contribution in [0.5, 0.6) is 0 Å². The van der Waals surface area contributed by atoms with E-state index in [1.54, 1.807) is 0 Å². The number of amides is 1. The Balaban J connectivity index is 1.68. The second-order valence-corrected chi connectivity index (χ2v) is 11.4. The molecule has 3 aliphatic rings. The Labute approximate surface area is 195 Å². The Bertz CT molecular complexity index is 859. The molecule has 1 aromatic rings. The predicted molar refractivity (Wildman–Crippen MR) is 128 cm³/mol. The minimum Gasteiger partial charge on any atom is -0.477 e. The Hall–Kier alpha value is -1.66. The highest BCUT2D eigenvalue weighted by atomic mass is 32.1. The molecule has 0 aliphatic heterocycles. The fourth-order valence-corrected chi connectivity index (χ4v) is 6.81. The van der Waals surface area contributed by atoms with Crippen molar-refractivity contribution in [3.05, 3.63) is 27.5 Å². The first-order valence-electron chi connectivity index (χ1n) is 12.4. The van der Waals surface area contributed by atoms with Gasteiger partial charge in [0, 0.05) is 16.8 Å². The van der Waals surface area contributed by atoms with E-state index in [2.05, 4.69) is 19.9 Å². The van der Waals surface area contributed by atoms with Crippen molar-refractivity contribution in [3.8, 4) is 0 Å². The third kappa shape index (κ3) is 5.12. The summed E-state index contributed by atoms with van der Waals surface area (Å²) in [6, 6.07) is 1.99. The van der Waals surface area contributed by atoms with E-state index < -0.39 is 5.97 Å². The van der Waals surface area contributed by atoms with Crippen molar-refractivity contribution in [1.29, 1.82) is 0 Å². The maximum atomic E-state index is 13.9. The average Bonchev–Trinajstić information content (AvgIpc) is 3.21. The van der Waals surface area contributed by atoms with E-state index in [0.717, 1.165) is 62.7 Å². The van der Waals surface area contributed by atoms with E-state index in [9.17, 15) is 19.8 Å². The molecule has 0 bridgehead atoms. The molecule has 4 rings (SSSR count). The molecule has 0 spiro atoms. The van der Waals surface area contributed by atoms with Crippen molar-refractivity contribution < 1.29 is 19.8 Å². The van der Waals surface area contributed by atoms with Gasteiger partial charge in [0.05, 0.1) is 11.8 Å². The van der Waals surface area contributed by atoms with Crippen molar-refractivity contribution in [2.75, 3.05) is 4.90 Å². The quantitative estimate of drug-likeness (QED) is 0.520. The van der Waals surface area contributed by atoms with Crippen LogP contribution in [0.4, 0.5) is 5.69 Å². The van der Waals surface area contributed by atoms with Gasteiger partial charge in [-0.05, 0) is 95.5 Å². The van der Waals surface area contributed by atoms with Gasteiger partial charge in [0.1, 0.15) is 4.88 Å². The minimum absolute atomic E-state index is 0.0247. The van der Waals surface area contributed by atoms with Gasteiger partial charge in [0.15, 0.2) is 0 Å². The van der Waals surface area contributed by atoms with Gasteiger partial charge >= 0.3 is 5.97 Å². The molecule has 3 aliphatic carbocycles. The molecule has 1 unspecified atom stereocenters. The lowest BCUT2D eigenvalue weighted by atomic mass is 9.81. The minimum atomic E-state index is -0.940. The van der Waals surface area contributed by atoms with Crippen molar-refractivity contribution in [2.45, 2.75) is 103 Å². The molecule has 1 amide bonds. The zero-order valence-electron chi connectivity index (χ0n) is 19.4. The molecule has 2 fully saturated rings. The predicted octanol–water partition coefficient (Wildman–Crippen LogP) is 6.12. The molecule has 0 radical (unpaired) electrons. The zero-order valence-corrected chi connectivity index (χ0v) is 20.2. The van der Waals surface area contributed by atoms with Crippen LogP contribution in [-0.2, 0) is 4.79 Å². The van der Waals surface area contributed by atoms with Crippen LogP contribution in [0.3, 0.4) is 0 Å². The number of aliphatic hydroxyl groups is 1. The second-order valence-electron chi connectivity index (χ2n) is 10.3. The first-order valence-corrected chi connectivity index (χ1v) is 13.2. The van der Waals surface area contributed by atoms with Crippen LogP contribution in [-0.4, -0.2) is 34.2 Å². The molecule has 0 saturated heterocycles. The summed E-state index contributed by atoms with van der Waals surface area (Å²) in [5.74, 6) is 0.121. The van der Waals surface area contributed by atoms with Gasteiger partial charge in [-0.3, -0.25) is 4.79 Å². The number of nitrogens with zero attached hydrogens (tertiary/aromatic N) is 1. The third-order valence-corrected chi connectivity index (χ3v) is 9.13. The van der Waals surface area contributed by atoms with Crippen LogP contribution in [0.2, 0.25) is 0 Å². The van der Waals surface area contributed by atoms with Crippen LogP contribution in [0.1, 0.15) is 105 Å². The highest BCUT2D eigenvalue weighted by molar-refractivity contribution is 7.14. The summed E-state index contributed by atoms with van der Waals surface area (Å²) in [6.07, 6.45) is 11.7. The number of anilines is 1. The highest BCUT2D eigenvalue weighted by Gasteiger charge is 2.37. The van der Waals surface area contributed by atoms with Crippen molar-refractivity contribution >= 4 is 28.9 Å². The molecule has 1 heterocycles. The van der Waals surface area contributed by atoms with Gasteiger partial charge in [0.2, 0.25) is 5.91 Å². The molecule has 1 atom stereocenters. The summed E-state index contributed by atoms with van der Waals surface area (Å²) in [6.45, 7) is 4.40. The van der Waals surface area contributed by atoms with E-state index >= 15 is 0 Å². The number of aliphatic hydroxyl groups excluding tert-OH is 1. The summed E-state index contributed by atoms with van der Waals surface area (Å²) in [5.41, 5.74) is 2.01. The van der Waals surface area contributed by atoms with Crippen molar-refractivity contribution in [2.24, 2.45) is 11.8 Å². The maximum absolute atomic E-state index is 13.9. The summed E-state index contributed by atoms with van der Waals surface area (Å²) in [5, 5.41) is 20.1. The fourth-order valence-electron chi connectivity index (χ4n) is 5.67. The molecule has 5 nitrogen and oxygen atoms in total. The topological polar surface area (TPSA) is 77.8 Å². The van der Waals surface area contributed by atoms with E-state index in [-0.39, 0.29) is 24.0 Å². The molecular formula is C26H37NO4S. The Morgan fingerprint density at radius 2 is 1.72 bits per heavy atom. The zero-order chi connectivity index (χ0) is 22.8. The molecule has 2 N–H and O–H groups in total. The van der Waals surface area contributed by atoms with E-state index in [4.69, 9.17) is 0 Å². The van der Waals surface area contributed by atoms with Gasteiger partial charge in [-0.1, -0.05) is 18.6 Å². The van der Waals surface area contributed by atoms with E-state index in [1.165, 1.54) is 16.9 Å². The van der Waals surface area contributed by atoms with Crippen molar-refractivity contribution in [1.82, 2.24) is 0 Å². The Kier molecular flexibility index (Phi) is 7.40. The molecule has 6 heteroatoms. The number of carboxylic acids is 1. The number of carboxylic acid groups (broad SMARTS) is 1. The van der Waals surface area contributed by atoms with Gasteiger partial charge in [-0.15, -0.1) is 11.3 Å². The Morgan fingerprint density at radius 3 is 2.31 bits per heavy atom. The number of rotatable bonds is 5. The lowest BCUT2D eigenvalue weighted by molar-refractivity contribution is -0.124. The summed E-state index contributed by atoms with van der Waals surface area (Å²) in [4.78, 5) is 29.4. The number of carbonyl (C=O) groups is 2. The first kappa shape index (κ1) is 23.5. The number of allylic oxidation sites excluding steroid dienone is 2. The molecule has 1 aromatic heterocycles. The summed E-state index contributed by atoms with van der Waals surface area (Å²) < 4.78 is 0. The number of aromatic carboxylic acids is 1. The SMILES string of the molecule is CC1=CCC(c2cc(N(C(=O)C3CCC(C)CC3)C3CCC(O)CC3)c(C(=O)O)s2)CC1. The molecule has 32 heavy (non-hydrogen) atoms. The highest BCUT2D eigenvalue weighted by Crippen LogP contribution is 2.43. The van der Waals surface area contributed by atoms with Crippen LogP contribution in [0.25, 0.3) is 0 Å². The maximum Gasteiger partial charge on any atom is 0.348 e. The monoisotopic (exact) mass is 459 g/mol. The first-order chi connectivity index (χ1) is 15.3. The van der Waals surface area contributed by atoms with Crippen LogP contribution >= 0.6 is 11.3 Å². The lowest BCUT2D eigenvalue weighted by Gasteiger charge is -2.38. The molecule has 176 valence electrons. The number of hydrogen-bond acceptors (Lipinski definition) is 4. The fraction of sp³-hybridized carbons (Fsp3) is 0.692. The van der Waals surface area contributed by atoms with Crippen LogP contribution in [0, 0.1) is 11.8 Å². The molecule has 0 aromatic carbocycles. The van der Waals surface area contributed by atoms with Gasteiger partial charge in [-0.25, -0.2) is 4.79 Å². The smallest absolute Gasteiger partial charge is 0.348 e. The normalized spacial score (nSPS) is 31.1. The molecular weight excluding hydrogens is 422 g/mol. The number of carbonyl (C=O) groups excluding carboxylic acids is 1. The number of thiophene rings is 1. The van der Waals surface area contributed by atoms with Gasteiger partial charge < -0.3 is 15.1 Å².